The Labute approximate surface area is 162 Å². The molecule has 0 aromatic heterocycles. The predicted octanol–water partition coefficient (Wildman–Crippen LogP) is 4.90. The van der Waals surface area contributed by atoms with Crippen LogP contribution in [0, 0.1) is 0 Å². The van der Waals surface area contributed by atoms with Crippen molar-refractivity contribution < 1.29 is 4.74 Å². The monoisotopic (exact) mass is 357 g/mol. The van der Waals surface area contributed by atoms with E-state index in [-0.39, 0.29) is 5.60 Å². The van der Waals surface area contributed by atoms with Crippen LogP contribution in [0.4, 0.5) is 0 Å². The molecule has 0 amide bonds. The highest BCUT2D eigenvalue weighted by molar-refractivity contribution is 5.36. The van der Waals surface area contributed by atoms with Crippen LogP contribution in [-0.4, -0.2) is 31.1 Å². The van der Waals surface area contributed by atoms with Gasteiger partial charge in [-0.05, 0) is 29.5 Å². The van der Waals surface area contributed by atoms with Crippen molar-refractivity contribution in [3.8, 4) is 0 Å². The molecule has 1 fully saturated rings. The van der Waals surface area contributed by atoms with E-state index in [2.05, 4.69) is 95.9 Å². The fourth-order valence-electron chi connectivity index (χ4n) is 4.04. The summed E-state index contributed by atoms with van der Waals surface area (Å²) in [7, 11) is 0. The van der Waals surface area contributed by atoms with Crippen molar-refractivity contribution in [1.82, 2.24) is 4.90 Å². The molecule has 1 aliphatic heterocycles. The Hall–Kier alpha value is -2.42. The number of nitrogens with zero attached hydrogens (tertiary/aromatic N) is 1. The molecule has 0 atom stereocenters. The average molecular weight is 357 g/mol. The van der Waals surface area contributed by atoms with Gasteiger partial charge in [-0.3, -0.25) is 0 Å². The number of hydrogen-bond donors (Lipinski definition) is 0. The fraction of sp³-hybridized carbons (Fsp3) is 0.280. The second kappa shape index (κ2) is 8.51. The topological polar surface area (TPSA) is 12.5 Å². The van der Waals surface area contributed by atoms with Gasteiger partial charge in [0.15, 0.2) is 0 Å². The third-order valence-electron chi connectivity index (χ3n) is 5.58. The molecule has 0 spiro atoms. The van der Waals surface area contributed by atoms with E-state index >= 15 is 0 Å². The van der Waals surface area contributed by atoms with Gasteiger partial charge in [0.2, 0.25) is 0 Å². The molecule has 1 heterocycles. The van der Waals surface area contributed by atoms with Gasteiger partial charge in [0.25, 0.3) is 0 Å². The number of ether oxygens (including phenoxy) is 1. The van der Waals surface area contributed by atoms with E-state index in [9.17, 15) is 0 Å². The largest absolute Gasteiger partial charge is 0.364 e. The smallest absolute Gasteiger partial charge is 0.119 e. The van der Waals surface area contributed by atoms with Crippen LogP contribution in [0.3, 0.4) is 0 Å². The predicted molar refractivity (Wildman–Crippen MR) is 111 cm³/mol. The van der Waals surface area contributed by atoms with Gasteiger partial charge < -0.3 is 9.64 Å². The maximum Gasteiger partial charge on any atom is 0.119 e. The molecule has 3 aromatic rings. The number of rotatable bonds is 5. The summed E-state index contributed by atoms with van der Waals surface area (Å²) in [5.41, 5.74) is 3.55. The molecular formula is C25H27NO. The summed E-state index contributed by atoms with van der Waals surface area (Å²) in [5, 5.41) is 0. The van der Waals surface area contributed by atoms with Crippen LogP contribution in [-0.2, 0) is 16.8 Å². The molecular weight excluding hydrogens is 330 g/mol. The van der Waals surface area contributed by atoms with Crippen molar-refractivity contribution in [3.05, 3.63) is 108 Å². The van der Waals surface area contributed by atoms with E-state index < -0.39 is 0 Å². The summed E-state index contributed by atoms with van der Waals surface area (Å²) in [6, 6.07) is 32.2. The summed E-state index contributed by atoms with van der Waals surface area (Å²) in [4.78, 5) is 2.54. The fourth-order valence-corrected chi connectivity index (χ4v) is 4.04. The molecule has 1 aliphatic rings. The van der Waals surface area contributed by atoms with E-state index in [0.717, 1.165) is 39.1 Å². The van der Waals surface area contributed by atoms with Crippen molar-refractivity contribution in [2.24, 2.45) is 0 Å². The molecule has 2 heteroatoms. The summed E-state index contributed by atoms with van der Waals surface area (Å²) >= 11 is 0. The van der Waals surface area contributed by atoms with Crippen LogP contribution in [0.25, 0.3) is 0 Å². The minimum atomic E-state index is -0.357. The first kappa shape index (κ1) is 18.0. The van der Waals surface area contributed by atoms with Crippen LogP contribution in [0.15, 0.2) is 91.0 Å². The lowest BCUT2D eigenvalue weighted by molar-refractivity contribution is -0.0101. The van der Waals surface area contributed by atoms with Crippen molar-refractivity contribution in [1.29, 1.82) is 0 Å². The van der Waals surface area contributed by atoms with Crippen LogP contribution >= 0.6 is 0 Å². The Morgan fingerprint density at radius 2 is 1.26 bits per heavy atom. The first-order chi connectivity index (χ1) is 13.4. The minimum absolute atomic E-state index is 0.357. The molecule has 138 valence electrons. The highest BCUT2D eigenvalue weighted by Crippen LogP contribution is 2.38. The third-order valence-corrected chi connectivity index (χ3v) is 5.58. The number of hydrogen-bond acceptors (Lipinski definition) is 2. The van der Waals surface area contributed by atoms with Crippen molar-refractivity contribution in [2.75, 3.05) is 26.2 Å². The summed E-state index contributed by atoms with van der Waals surface area (Å²) in [6.07, 6.45) is 2.06. The number of benzene rings is 3. The Kier molecular flexibility index (Phi) is 5.66. The lowest BCUT2D eigenvalue weighted by atomic mass is 9.83. The minimum Gasteiger partial charge on any atom is -0.364 e. The second-order valence-electron chi connectivity index (χ2n) is 7.23. The van der Waals surface area contributed by atoms with Crippen LogP contribution in [0.5, 0.6) is 0 Å². The molecule has 27 heavy (non-hydrogen) atoms. The van der Waals surface area contributed by atoms with Gasteiger partial charge in [-0.2, -0.15) is 0 Å². The molecule has 4 rings (SSSR count). The maximum atomic E-state index is 6.60. The molecule has 1 saturated heterocycles. The van der Waals surface area contributed by atoms with Gasteiger partial charge in [0, 0.05) is 19.6 Å². The highest BCUT2D eigenvalue weighted by atomic mass is 16.5. The van der Waals surface area contributed by atoms with Gasteiger partial charge >= 0.3 is 0 Å². The average Bonchev–Trinajstić information content (AvgIpc) is 2.98. The van der Waals surface area contributed by atoms with Gasteiger partial charge in [0.1, 0.15) is 5.60 Å². The van der Waals surface area contributed by atoms with Crippen LogP contribution in [0.2, 0.25) is 0 Å². The zero-order valence-electron chi connectivity index (χ0n) is 15.8. The van der Waals surface area contributed by atoms with E-state index in [0.29, 0.717) is 0 Å². The summed E-state index contributed by atoms with van der Waals surface area (Å²) in [6.45, 7) is 3.84. The lowest BCUT2D eigenvalue weighted by Crippen LogP contribution is -2.32. The van der Waals surface area contributed by atoms with Gasteiger partial charge in [-0.1, -0.05) is 91.0 Å². The Morgan fingerprint density at radius 3 is 1.85 bits per heavy atom. The Morgan fingerprint density at radius 1 is 0.704 bits per heavy atom. The van der Waals surface area contributed by atoms with Crippen molar-refractivity contribution in [3.63, 3.8) is 0 Å². The van der Waals surface area contributed by atoms with E-state index in [1.807, 2.05) is 0 Å². The Bertz CT molecular complexity index is 777. The van der Waals surface area contributed by atoms with Gasteiger partial charge in [0.05, 0.1) is 6.61 Å². The quantitative estimate of drug-likeness (QED) is 0.644. The SMILES string of the molecule is c1ccc(CCN2CCOC(c3ccccc3)(c3ccccc3)CC2)cc1. The maximum absolute atomic E-state index is 6.60. The molecule has 0 bridgehead atoms. The highest BCUT2D eigenvalue weighted by Gasteiger charge is 2.37. The van der Waals surface area contributed by atoms with Crippen LogP contribution in [0.1, 0.15) is 23.1 Å². The summed E-state index contributed by atoms with van der Waals surface area (Å²) in [5.74, 6) is 0. The van der Waals surface area contributed by atoms with Crippen LogP contribution < -0.4 is 0 Å². The van der Waals surface area contributed by atoms with Gasteiger partial charge in [-0.15, -0.1) is 0 Å². The van der Waals surface area contributed by atoms with Crippen molar-refractivity contribution >= 4 is 0 Å². The third kappa shape index (κ3) is 4.13. The van der Waals surface area contributed by atoms with E-state index in [4.69, 9.17) is 4.74 Å². The van der Waals surface area contributed by atoms with Gasteiger partial charge in [-0.25, -0.2) is 0 Å². The Balaban J connectivity index is 1.54. The molecule has 0 N–H and O–H groups in total. The van der Waals surface area contributed by atoms with Crippen molar-refractivity contribution in [2.45, 2.75) is 18.4 Å². The molecule has 0 unspecified atom stereocenters. The molecule has 0 saturated carbocycles. The molecule has 0 radical (unpaired) electrons. The normalized spacial score (nSPS) is 17.3. The van der Waals surface area contributed by atoms with E-state index in [1.54, 1.807) is 0 Å². The first-order valence-corrected chi connectivity index (χ1v) is 9.88. The molecule has 2 nitrogen and oxygen atoms in total. The lowest BCUT2D eigenvalue weighted by Gasteiger charge is -2.34. The molecule has 3 aromatic carbocycles. The molecule has 0 aliphatic carbocycles. The summed E-state index contributed by atoms with van der Waals surface area (Å²) < 4.78 is 6.60. The zero-order valence-corrected chi connectivity index (χ0v) is 15.8. The second-order valence-corrected chi connectivity index (χ2v) is 7.23. The zero-order chi connectivity index (χ0) is 18.4. The standard InChI is InChI=1S/C25H27NO/c1-4-10-22(11-5-1)16-18-26-19-17-25(27-21-20-26,23-12-6-2-7-13-23)24-14-8-3-9-15-24/h1-15H,16-21H2. The van der Waals surface area contributed by atoms with E-state index in [1.165, 1.54) is 16.7 Å². The first-order valence-electron chi connectivity index (χ1n) is 9.88.